The van der Waals surface area contributed by atoms with E-state index in [1.165, 1.54) is 77.9 Å². The van der Waals surface area contributed by atoms with E-state index < -0.39 is 0 Å². The molecule has 0 aliphatic heterocycles. The van der Waals surface area contributed by atoms with Crippen LogP contribution in [0, 0.1) is 29.1 Å². The van der Waals surface area contributed by atoms with E-state index in [1.54, 1.807) is 22.5 Å². The minimum absolute atomic E-state index is 0.249. The molecule has 2 heteroatoms. The zero-order valence-corrected chi connectivity index (χ0v) is 28.0. The average molecular weight is 615 g/mol. The van der Waals surface area contributed by atoms with Crippen LogP contribution in [-0.4, -0.2) is 9.13 Å². The van der Waals surface area contributed by atoms with Gasteiger partial charge in [0.25, 0.3) is 0 Å². The highest BCUT2D eigenvalue weighted by Gasteiger charge is 2.60. The Hall–Kier alpha value is -4.04. The molecule has 0 spiro atoms. The van der Waals surface area contributed by atoms with Crippen LogP contribution in [0.5, 0.6) is 0 Å². The normalized spacial score (nSPS) is 29.2. The fraction of sp³-hybridized carbons (Fsp3) is 0.378. The predicted octanol–water partition coefficient (Wildman–Crippen LogP) is 10.4. The van der Waals surface area contributed by atoms with Crippen molar-refractivity contribution < 1.29 is 0 Å². The maximum absolute atomic E-state index is 2.74. The average Bonchev–Trinajstić information content (AvgIpc) is 3.70. The second kappa shape index (κ2) is 10.2. The fourth-order valence-electron chi connectivity index (χ4n) is 11.9. The van der Waals surface area contributed by atoms with Crippen molar-refractivity contribution >= 4 is 21.8 Å². The van der Waals surface area contributed by atoms with E-state index in [-0.39, 0.29) is 5.41 Å². The number of hydrogen-bond acceptors (Lipinski definition) is 0. The zero-order valence-electron chi connectivity index (χ0n) is 28.0. The van der Waals surface area contributed by atoms with Crippen LogP contribution in [0.25, 0.3) is 21.8 Å². The Labute approximate surface area is 279 Å². The van der Waals surface area contributed by atoms with Gasteiger partial charge in [-0.25, -0.2) is 0 Å². The summed E-state index contributed by atoms with van der Waals surface area (Å²) < 4.78 is 5.43. The molecule has 0 saturated heterocycles. The smallest absolute Gasteiger partial charge is 0.0488 e. The largest absolute Gasteiger partial charge is 0.340 e. The van der Waals surface area contributed by atoms with E-state index in [4.69, 9.17) is 0 Å². The van der Waals surface area contributed by atoms with Crippen LogP contribution in [0.4, 0.5) is 0 Å². The van der Waals surface area contributed by atoms with Gasteiger partial charge in [0.1, 0.15) is 0 Å². The molecule has 4 aliphatic carbocycles. The van der Waals surface area contributed by atoms with Gasteiger partial charge in [0.15, 0.2) is 0 Å². The number of aromatic nitrogens is 2. The first-order valence-electron chi connectivity index (χ1n) is 18.3. The maximum atomic E-state index is 2.74. The molecule has 6 aromatic rings. The van der Waals surface area contributed by atoms with Gasteiger partial charge in [-0.05, 0) is 108 Å². The number of benzene rings is 4. The molecule has 2 nitrogen and oxygen atoms in total. The lowest BCUT2D eigenvalue weighted by molar-refractivity contribution is -0.0768. The fourth-order valence-corrected chi connectivity index (χ4v) is 11.9. The van der Waals surface area contributed by atoms with E-state index in [2.05, 4.69) is 132 Å². The van der Waals surface area contributed by atoms with Crippen LogP contribution in [-0.2, 0) is 37.8 Å². The third-order valence-corrected chi connectivity index (χ3v) is 14.1. The molecule has 2 fully saturated rings. The van der Waals surface area contributed by atoms with Crippen molar-refractivity contribution in [1.29, 1.82) is 0 Å². The number of fused-ring (bicyclic) bond motifs is 12. The molecule has 47 heavy (non-hydrogen) atoms. The van der Waals surface area contributed by atoms with Gasteiger partial charge in [-0.1, -0.05) is 111 Å². The summed E-state index contributed by atoms with van der Waals surface area (Å²) in [6.45, 7) is 7.36. The minimum atomic E-state index is 0.249. The number of rotatable bonds is 4. The highest BCUT2D eigenvalue weighted by Crippen LogP contribution is 2.66. The van der Waals surface area contributed by atoms with Crippen molar-refractivity contribution in [2.45, 2.75) is 77.3 Å². The summed E-state index contributed by atoms with van der Waals surface area (Å²) in [7, 11) is 0. The lowest BCUT2D eigenvalue weighted by atomic mass is 9.45. The van der Waals surface area contributed by atoms with Gasteiger partial charge in [0.05, 0.1) is 0 Å². The minimum Gasteiger partial charge on any atom is -0.340 e. The monoisotopic (exact) mass is 614 g/mol. The lowest BCUT2D eigenvalue weighted by Crippen LogP contribution is -2.55. The standard InChI is InChI=1S/C45H46N2/c1-44-24-23-38-35(39(44)26-36-33-17-9-12-20-41(33)47(43(36)44)29-31-15-7-4-8-16-31)22-21-32-25-42-37(27-45(32,38)2)34-18-10-11-19-40(34)46(42)28-30-13-5-3-6-14-30/h3-20,32,35,38-39H,21-29H2,1-2H3. The first-order valence-corrected chi connectivity index (χ1v) is 18.3. The van der Waals surface area contributed by atoms with Gasteiger partial charge in [-0.15, -0.1) is 0 Å². The molecule has 2 aromatic heterocycles. The zero-order chi connectivity index (χ0) is 31.3. The highest BCUT2D eigenvalue weighted by molar-refractivity contribution is 5.88. The maximum Gasteiger partial charge on any atom is 0.0488 e. The van der Waals surface area contributed by atoms with Crippen molar-refractivity contribution in [2.75, 3.05) is 0 Å². The molecule has 0 radical (unpaired) electrons. The van der Waals surface area contributed by atoms with Crippen LogP contribution >= 0.6 is 0 Å². The molecule has 236 valence electrons. The molecule has 2 heterocycles. The van der Waals surface area contributed by atoms with Crippen molar-refractivity contribution in [2.24, 2.45) is 29.1 Å². The quantitative estimate of drug-likeness (QED) is 0.187. The molecule has 2 saturated carbocycles. The molecule has 4 aromatic carbocycles. The predicted molar refractivity (Wildman–Crippen MR) is 194 cm³/mol. The first-order chi connectivity index (χ1) is 23.0. The summed E-state index contributed by atoms with van der Waals surface area (Å²) in [6, 6.07) is 40.9. The third kappa shape index (κ3) is 3.97. The second-order valence-corrected chi connectivity index (χ2v) is 16.1. The van der Waals surface area contributed by atoms with Crippen molar-refractivity contribution in [3.05, 3.63) is 143 Å². The van der Waals surface area contributed by atoms with Gasteiger partial charge in [0.2, 0.25) is 0 Å². The van der Waals surface area contributed by atoms with E-state index in [9.17, 15) is 0 Å². The second-order valence-electron chi connectivity index (χ2n) is 16.1. The van der Waals surface area contributed by atoms with Crippen LogP contribution in [0.15, 0.2) is 109 Å². The van der Waals surface area contributed by atoms with Gasteiger partial charge < -0.3 is 9.13 Å². The summed E-state index contributed by atoms with van der Waals surface area (Å²) in [5.74, 6) is 3.14. The van der Waals surface area contributed by atoms with E-state index >= 15 is 0 Å². The molecule has 4 aliphatic rings. The van der Waals surface area contributed by atoms with Crippen LogP contribution in [0.1, 0.15) is 73.2 Å². The molecule has 0 N–H and O–H groups in total. The van der Waals surface area contributed by atoms with Gasteiger partial charge in [0, 0.05) is 51.7 Å². The van der Waals surface area contributed by atoms with Crippen molar-refractivity contribution in [1.82, 2.24) is 9.13 Å². The van der Waals surface area contributed by atoms with Gasteiger partial charge >= 0.3 is 0 Å². The van der Waals surface area contributed by atoms with Gasteiger partial charge in [-0.2, -0.15) is 0 Å². The Kier molecular flexibility index (Phi) is 6.10. The Bertz CT molecular complexity index is 2130. The summed E-state index contributed by atoms with van der Waals surface area (Å²) in [4.78, 5) is 0. The van der Waals surface area contributed by atoms with Gasteiger partial charge in [-0.3, -0.25) is 0 Å². The first kappa shape index (κ1) is 28.0. The van der Waals surface area contributed by atoms with Crippen LogP contribution in [0.2, 0.25) is 0 Å². The molecular weight excluding hydrogens is 569 g/mol. The topological polar surface area (TPSA) is 9.86 Å². The van der Waals surface area contributed by atoms with E-state index in [0.29, 0.717) is 5.41 Å². The van der Waals surface area contributed by atoms with E-state index in [0.717, 1.165) is 36.8 Å². The molecular formula is C45H46N2. The van der Waals surface area contributed by atoms with E-state index in [1.807, 2.05) is 0 Å². The Morgan fingerprint density at radius 1 is 0.596 bits per heavy atom. The van der Waals surface area contributed by atoms with Crippen LogP contribution < -0.4 is 0 Å². The van der Waals surface area contributed by atoms with Crippen LogP contribution in [0.3, 0.4) is 0 Å². The summed E-state index contributed by atoms with van der Waals surface area (Å²) in [5, 5.41) is 3.02. The Balaban J connectivity index is 1.03. The number of para-hydroxylation sites is 2. The molecule has 0 amide bonds. The molecule has 10 rings (SSSR count). The van der Waals surface area contributed by atoms with Crippen molar-refractivity contribution in [3.8, 4) is 0 Å². The van der Waals surface area contributed by atoms with Crippen molar-refractivity contribution in [3.63, 3.8) is 0 Å². The Morgan fingerprint density at radius 2 is 1.19 bits per heavy atom. The summed E-state index contributed by atoms with van der Waals surface area (Å²) in [5.41, 5.74) is 13.0. The third-order valence-electron chi connectivity index (χ3n) is 14.1. The summed E-state index contributed by atoms with van der Waals surface area (Å²) in [6.07, 6.45) is 9.22. The number of nitrogens with zero attached hydrogens (tertiary/aromatic N) is 2. The molecule has 6 atom stereocenters. The molecule has 0 bridgehead atoms. The molecule has 6 unspecified atom stereocenters. The SMILES string of the molecule is CC12CCC3C(CCC4Cc5c(c6ccccc6n5Cc5ccccc5)CC43C)C1Cc1c2n(Cc2ccccc2)c2ccccc12. The Morgan fingerprint density at radius 3 is 1.89 bits per heavy atom. The summed E-state index contributed by atoms with van der Waals surface area (Å²) >= 11 is 0. The lowest BCUT2D eigenvalue weighted by Gasteiger charge is -2.60. The number of hydrogen-bond donors (Lipinski definition) is 0. The highest BCUT2D eigenvalue weighted by atomic mass is 15.0.